The van der Waals surface area contributed by atoms with Crippen LogP contribution in [0.1, 0.15) is 20.7 Å². The van der Waals surface area contributed by atoms with Gasteiger partial charge in [0.1, 0.15) is 11.5 Å². The fraction of sp³-hybridized carbons (Fsp3) is 0. The van der Waals surface area contributed by atoms with Crippen LogP contribution in [0, 0.1) is 0 Å². The summed E-state index contributed by atoms with van der Waals surface area (Å²) in [5.41, 5.74) is 0.0368. The zero-order valence-electron chi connectivity index (χ0n) is 10.5. The van der Waals surface area contributed by atoms with E-state index in [2.05, 4.69) is 5.32 Å². The number of nitrogens with one attached hydrogen (secondary N) is 1. The molecule has 0 heterocycles. The van der Waals surface area contributed by atoms with E-state index in [0.717, 1.165) is 6.07 Å². The average Bonchev–Trinajstić information content (AvgIpc) is 2.37. The van der Waals surface area contributed by atoms with Crippen molar-refractivity contribution >= 4 is 29.2 Å². The Labute approximate surface area is 124 Å². The summed E-state index contributed by atoms with van der Waals surface area (Å²) in [5, 5.41) is 30.3. The van der Waals surface area contributed by atoms with Crippen LogP contribution in [0.4, 0.5) is 5.69 Å². The minimum Gasteiger partial charge on any atom is -0.508 e. The molecule has 0 aliphatic heterocycles. The van der Waals surface area contributed by atoms with E-state index in [1.54, 1.807) is 0 Å². The number of phenols is 2. The molecule has 0 atom stereocenters. The van der Waals surface area contributed by atoms with Gasteiger partial charge < -0.3 is 20.6 Å². The summed E-state index contributed by atoms with van der Waals surface area (Å²) in [6.07, 6.45) is 0. The molecular weight excluding hydrogens is 298 g/mol. The molecule has 0 aliphatic rings. The molecule has 1 amide bonds. The molecule has 0 saturated carbocycles. The second kappa shape index (κ2) is 5.72. The molecule has 0 spiro atoms. The lowest BCUT2D eigenvalue weighted by atomic mass is 10.1. The van der Waals surface area contributed by atoms with Crippen molar-refractivity contribution in [2.24, 2.45) is 0 Å². The molecule has 2 aromatic rings. The molecule has 0 unspecified atom stereocenters. The number of hydrogen-bond donors (Lipinski definition) is 4. The third kappa shape index (κ3) is 3.43. The first-order valence-electron chi connectivity index (χ1n) is 5.74. The normalized spacial score (nSPS) is 10.1. The van der Waals surface area contributed by atoms with Gasteiger partial charge in [-0.3, -0.25) is 4.79 Å². The Morgan fingerprint density at radius 1 is 1.05 bits per heavy atom. The summed E-state index contributed by atoms with van der Waals surface area (Å²) in [6.45, 7) is 0. The summed E-state index contributed by atoms with van der Waals surface area (Å²) in [7, 11) is 0. The van der Waals surface area contributed by atoms with E-state index in [4.69, 9.17) is 21.8 Å². The van der Waals surface area contributed by atoms with Crippen LogP contribution in [0.2, 0.25) is 5.02 Å². The molecule has 0 saturated heterocycles. The molecule has 6 nitrogen and oxygen atoms in total. The molecule has 0 aromatic heterocycles. The lowest BCUT2D eigenvalue weighted by Gasteiger charge is -2.08. The van der Waals surface area contributed by atoms with Gasteiger partial charge in [0, 0.05) is 16.8 Å². The van der Waals surface area contributed by atoms with E-state index in [1.165, 1.54) is 30.3 Å². The fourth-order valence-corrected chi connectivity index (χ4v) is 1.93. The van der Waals surface area contributed by atoms with Gasteiger partial charge in [-0.1, -0.05) is 11.6 Å². The van der Waals surface area contributed by atoms with Crippen LogP contribution in [0.5, 0.6) is 11.5 Å². The highest BCUT2D eigenvalue weighted by molar-refractivity contribution is 6.31. The number of benzene rings is 2. The molecule has 0 fully saturated rings. The molecule has 2 aromatic carbocycles. The average molecular weight is 308 g/mol. The van der Waals surface area contributed by atoms with Crippen molar-refractivity contribution in [3.05, 3.63) is 52.5 Å². The Balaban J connectivity index is 2.29. The van der Waals surface area contributed by atoms with E-state index in [9.17, 15) is 14.7 Å². The van der Waals surface area contributed by atoms with E-state index < -0.39 is 17.6 Å². The molecule has 7 heteroatoms. The first-order chi connectivity index (χ1) is 9.86. The molecule has 0 radical (unpaired) electrons. The first kappa shape index (κ1) is 14.7. The number of halogens is 1. The fourth-order valence-electron chi connectivity index (χ4n) is 1.70. The van der Waals surface area contributed by atoms with Crippen molar-refractivity contribution in [1.82, 2.24) is 0 Å². The number of carboxylic acids is 1. The SMILES string of the molecule is O=C(O)c1cc(Cl)cc(NC(=O)c2ccc(O)cc2O)c1. The molecular formula is C14H10ClNO5. The van der Waals surface area contributed by atoms with Crippen molar-refractivity contribution < 1.29 is 24.9 Å². The van der Waals surface area contributed by atoms with Gasteiger partial charge in [0.25, 0.3) is 5.91 Å². The Morgan fingerprint density at radius 3 is 2.38 bits per heavy atom. The maximum atomic E-state index is 12.0. The van der Waals surface area contributed by atoms with Crippen molar-refractivity contribution in [2.45, 2.75) is 0 Å². The van der Waals surface area contributed by atoms with Crippen molar-refractivity contribution in [2.75, 3.05) is 5.32 Å². The third-order valence-electron chi connectivity index (χ3n) is 2.63. The third-order valence-corrected chi connectivity index (χ3v) is 2.85. The van der Waals surface area contributed by atoms with Gasteiger partial charge in [-0.05, 0) is 30.3 Å². The summed E-state index contributed by atoms with van der Waals surface area (Å²) in [4.78, 5) is 22.9. The van der Waals surface area contributed by atoms with Gasteiger partial charge in [0.2, 0.25) is 0 Å². The Bertz CT molecular complexity index is 729. The van der Waals surface area contributed by atoms with Crippen molar-refractivity contribution in [1.29, 1.82) is 0 Å². The molecule has 21 heavy (non-hydrogen) atoms. The maximum absolute atomic E-state index is 12.0. The highest BCUT2D eigenvalue weighted by Crippen LogP contribution is 2.25. The largest absolute Gasteiger partial charge is 0.508 e. The number of aromatic carboxylic acids is 1. The standard InChI is InChI=1S/C14H10ClNO5/c15-8-3-7(14(20)21)4-9(5-8)16-13(19)11-2-1-10(17)6-12(11)18/h1-6,17-18H,(H,16,19)(H,20,21). The second-order valence-electron chi connectivity index (χ2n) is 4.19. The lowest BCUT2D eigenvalue weighted by molar-refractivity contribution is 0.0696. The summed E-state index contributed by atoms with van der Waals surface area (Å²) >= 11 is 5.78. The van der Waals surface area contributed by atoms with E-state index >= 15 is 0 Å². The topological polar surface area (TPSA) is 107 Å². The van der Waals surface area contributed by atoms with Crippen LogP contribution < -0.4 is 5.32 Å². The number of carboxylic acid groups (broad SMARTS) is 1. The smallest absolute Gasteiger partial charge is 0.335 e. The molecule has 0 bridgehead atoms. The zero-order chi connectivity index (χ0) is 15.6. The second-order valence-corrected chi connectivity index (χ2v) is 4.63. The van der Waals surface area contributed by atoms with Crippen molar-refractivity contribution in [3.63, 3.8) is 0 Å². The lowest BCUT2D eigenvalue weighted by Crippen LogP contribution is -2.12. The van der Waals surface area contributed by atoms with Crippen LogP contribution in [-0.2, 0) is 0 Å². The Hall–Kier alpha value is -2.73. The van der Waals surface area contributed by atoms with Crippen LogP contribution in [0.25, 0.3) is 0 Å². The molecule has 108 valence electrons. The maximum Gasteiger partial charge on any atom is 0.335 e. The summed E-state index contributed by atoms with van der Waals surface area (Å²) in [5.74, 6) is -2.42. The Morgan fingerprint density at radius 2 is 1.76 bits per heavy atom. The van der Waals surface area contributed by atoms with Gasteiger partial charge in [0.05, 0.1) is 11.1 Å². The monoisotopic (exact) mass is 307 g/mol. The highest BCUT2D eigenvalue weighted by atomic mass is 35.5. The van der Waals surface area contributed by atoms with Crippen molar-refractivity contribution in [3.8, 4) is 11.5 Å². The first-order valence-corrected chi connectivity index (χ1v) is 6.12. The van der Waals surface area contributed by atoms with Gasteiger partial charge in [-0.15, -0.1) is 0 Å². The quantitative estimate of drug-likeness (QED) is 0.697. The van der Waals surface area contributed by atoms with Gasteiger partial charge in [-0.2, -0.15) is 0 Å². The molecule has 0 aliphatic carbocycles. The van der Waals surface area contributed by atoms with Crippen LogP contribution >= 0.6 is 11.6 Å². The molecule has 4 N–H and O–H groups in total. The number of rotatable bonds is 3. The minimum absolute atomic E-state index is 0.0651. The van der Waals surface area contributed by atoms with Crippen LogP contribution in [0.15, 0.2) is 36.4 Å². The molecule has 2 rings (SSSR count). The van der Waals surface area contributed by atoms with Crippen LogP contribution in [0.3, 0.4) is 0 Å². The highest BCUT2D eigenvalue weighted by Gasteiger charge is 2.13. The number of phenolic OH excluding ortho intramolecular Hbond substituents is 2. The van der Waals surface area contributed by atoms with Gasteiger partial charge in [-0.25, -0.2) is 4.79 Å². The van der Waals surface area contributed by atoms with E-state index in [1.807, 2.05) is 0 Å². The summed E-state index contributed by atoms with van der Waals surface area (Å²) in [6, 6.07) is 7.37. The Kier molecular flexibility index (Phi) is 4.00. The van der Waals surface area contributed by atoms with E-state index in [0.29, 0.717) is 0 Å². The van der Waals surface area contributed by atoms with E-state index in [-0.39, 0.29) is 27.6 Å². The number of carbonyl (C=O) groups is 2. The minimum atomic E-state index is -1.18. The van der Waals surface area contributed by atoms with Gasteiger partial charge in [0.15, 0.2) is 0 Å². The number of aromatic hydroxyl groups is 2. The predicted octanol–water partition coefficient (Wildman–Crippen LogP) is 2.70. The van der Waals surface area contributed by atoms with Gasteiger partial charge >= 0.3 is 5.97 Å². The number of anilines is 1. The summed E-state index contributed by atoms with van der Waals surface area (Å²) < 4.78 is 0. The number of hydrogen-bond acceptors (Lipinski definition) is 4. The van der Waals surface area contributed by atoms with Crippen LogP contribution in [-0.4, -0.2) is 27.2 Å². The zero-order valence-corrected chi connectivity index (χ0v) is 11.3. The number of carbonyl (C=O) groups excluding carboxylic acids is 1. The predicted molar refractivity (Wildman–Crippen MR) is 76.1 cm³/mol. The number of amides is 1.